The molecule has 0 aliphatic rings. The van der Waals surface area contributed by atoms with Gasteiger partial charge in [-0.3, -0.25) is 0 Å². The molecule has 0 spiro atoms. The molecule has 11 aromatic carbocycles. The van der Waals surface area contributed by atoms with E-state index in [4.69, 9.17) is 6.57 Å². The minimum Gasteiger partial charge on any atom is -0.311 e. The first-order valence-corrected chi connectivity index (χ1v) is 25.8. The fraction of sp³-hybridized carbons (Fsp3) is 0. The zero-order chi connectivity index (χ0) is 48.6. The van der Waals surface area contributed by atoms with Gasteiger partial charge >= 0.3 is 0 Å². The Balaban J connectivity index is 0.971. The van der Waals surface area contributed by atoms with E-state index in [-0.39, 0.29) is 0 Å². The van der Waals surface area contributed by atoms with Crippen LogP contribution < -0.4 is 9.80 Å². The fourth-order valence-electron chi connectivity index (χ4n) is 10.7. The first-order chi connectivity index (χ1) is 36.0. The van der Waals surface area contributed by atoms with Gasteiger partial charge in [0.2, 0.25) is 0 Å². The van der Waals surface area contributed by atoms with Crippen LogP contribution in [0.15, 0.2) is 237 Å². The molecule has 0 N–H and O–H groups in total. The highest BCUT2D eigenvalue weighted by atomic mass is 32.1. The number of benzene rings is 11. The van der Waals surface area contributed by atoms with Crippen molar-refractivity contribution in [3.8, 4) is 22.9 Å². The molecule has 3 aromatic heterocycles. The third-order valence-electron chi connectivity index (χ3n) is 14.2. The van der Waals surface area contributed by atoms with E-state index in [1.165, 1.54) is 45.9 Å². The summed E-state index contributed by atoms with van der Waals surface area (Å²) >= 11 is 3.62. The molecule has 0 aliphatic carbocycles. The Morgan fingerprint density at radius 1 is 0.384 bits per heavy atom. The van der Waals surface area contributed by atoms with E-state index in [1.807, 2.05) is 71.2 Å². The molecule has 0 unspecified atom stereocenters. The van der Waals surface area contributed by atoms with Gasteiger partial charge in [0.1, 0.15) is 0 Å². The molecule has 0 atom stereocenters. The molecule has 14 rings (SSSR count). The summed E-state index contributed by atoms with van der Waals surface area (Å²) in [7, 11) is 0. The predicted octanol–water partition coefficient (Wildman–Crippen LogP) is 19.7. The van der Waals surface area contributed by atoms with E-state index in [0.717, 1.165) is 78.0 Å². The summed E-state index contributed by atoms with van der Waals surface area (Å²) in [5.74, 6) is 0. The zero-order valence-corrected chi connectivity index (χ0v) is 40.7. The maximum Gasteiger partial charge on any atom is 0.187 e. The van der Waals surface area contributed by atoms with Crippen LogP contribution >= 0.6 is 22.7 Å². The lowest BCUT2D eigenvalue weighted by molar-refractivity contribution is 1.18. The van der Waals surface area contributed by atoms with Crippen LogP contribution in [-0.4, -0.2) is 4.57 Å². The third-order valence-corrected chi connectivity index (χ3v) is 16.4. The molecule has 0 fully saturated rings. The first-order valence-electron chi connectivity index (χ1n) is 24.1. The lowest BCUT2D eigenvalue weighted by Crippen LogP contribution is -2.10. The van der Waals surface area contributed by atoms with Gasteiger partial charge in [-0.1, -0.05) is 115 Å². The van der Waals surface area contributed by atoms with E-state index in [9.17, 15) is 5.26 Å². The van der Waals surface area contributed by atoms with E-state index in [1.54, 1.807) is 0 Å². The number of thiophene rings is 2. The first kappa shape index (κ1) is 42.4. The predicted molar refractivity (Wildman–Crippen MR) is 310 cm³/mol. The smallest absolute Gasteiger partial charge is 0.187 e. The fourth-order valence-corrected chi connectivity index (χ4v) is 13.0. The van der Waals surface area contributed by atoms with Crippen LogP contribution in [-0.2, 0) is 0 Å². The molecule has 5 nitrogen and oxygen atoms in total. The number of hydrogen-bond donors (Lipinski definition) is 0. The summed E-state index contributed by atoms with van der Waals surface area (Å²) in [6.07, 6.45) is 0. The quantitative estimate of drug-likeness (QED) is 0.142. The summed E-state index contributed by atoms with van der Waals surface area (Å²) in [6.45, 7) is 7.69. The van der Waals surface area contributed by atoms with Gasteiger partial charge in [-0.2, -0.15) is 5.26 Å². The SMILES string of the molecule is [C-]#[N+]c1ccc(N(c2ccc3cc4c5ccc(N(c6ccc(C#N)cc6)c6ccc7c(c6)sc6ccccc67)cc5n(-c5ccc(-c6ccccc6)cc5)c4cc3c2)c2ccc3c(c2)sc2ccccc23)cc1. The number of aromatic nitrogens is 1. The molecular weight excluding hydrogens is 927 g/mol. The molecule has 0 saturated heterocycles. The van der Waals surface area contributed by atoms with Crippen molar-refractivity contribution >= 4 is 135 Å². The number of anilines is 6. The Morgan fingerprint density at radius 2 is 0.877 bits per heavy atom. The highest BCUT2D eigenvalue weighted by Gasteiger charge is 2.21. The Morgan fingerprint density at radius 3 is 1.49 bits per heavy atom. The highest BCUT2D eigenvalue weighted by Crippen LogP contribution is 2.46. The van der Waals surface area contributed by atoms with Crippen LogP contribution in [0.3, 0.4) is 0 Å². The number of nitriles is 1. The van der Waals surface area contributed by atoms with Gasteiger partial charge in [0.15, 0.2) is 5.69 Å². The van der Waals surface area contributed by atoms with Crippen molar-refractivity contribution in [1.82, 2.24) is 4.57 Å². The van der Waals surface area contributed by atoms with Gasteiger partial charge in [-0.15, -0.1) is 22.7 Å². The lowest BCUT2D eigenvalue weighted by atomic mass is 10.0. The Hall–Kier alpha value is -9.50. The molecule has 0 bridgehead atoms. The molecule has 73 heavy (non-hydrogen) atoms. The van der Waals surface area contributed by atoms with Crippen molar-refractivity contribution in [2.75, 3.05) is 9.80 Å². The normalized spacial score (nSPS) is 11.5. The maximum absolute atomic E-state index is 9.81. The van der Waals surface area contributed by atoms with Crippen molar-refractivity contribution < 1.29 is 0 Å². The molecular formula is C66H39N5S2. The summed E-state index contributed by atoms with van der Waals surface area (Å²) in [6, 6.07) is 86.6. The average Bonchev–Trinajstić information content (AvgIpc) is 4.12. The van der Waals surface area contributed by atoms with Crippen molar-refractivity contribution in [3.05, 3.63) is 254 Å². The van der Waals surface area contributed by atoms with E-state index in [2.05, 4.69) is 213 Å². The Bertz CT molecular complexity index is 4570. The van der Waals surface area contributed by atoms with Crippen LogP contribution in [0, 0.1) is 17.9 Å². The third kappa shape index (κ3) is 7.18. The Labute approximate surface area is 428 Å². The van der Waals surface area contributed by atoms with Crippen molar-refractivity contribution in [3.63, 3.8) is 0 Å². The maximum atomic E-state index is 9.81. The second-order valence-electron chi connectivity index (χ2n) is 18.4. The van der Waals surface area contributed by atoms with Crippen molar-refractivity contribution in [2.24, 2.45) is 0 Å². The highest BCUT2D eigenvalue weighted by molar-refractivity contribution is 7.26. The average molecular weight is 966 g/mol. The van der Waals surface area contributed by atoms with Gasteiger partial charge in [0.05, 0.1) is 29.2 Å². The molecule has 0 aliphatic heterocycles. The largest absolute Gasteiger partial charge is 0.311 e. The molecule has 7 heteroatoms. The molecule has 340 valence electrons. The molecule has 0 radical (unpaired) electrons. The minimum absolute atomic E-state index is 0.606. The summed E-state index contributed by atoms with van der Waals surface area (Å²) < 4.78 is 7.39. The molecule has 0 saturated carbocycles. The monoisotopic (exact) mass is 965 g/mol. The number of fused-ring (bicyclic) bond motifs is 10. The van der Waals surface area contributed by atoms with Crippen LogP contribution in [0.5, 0.6) is 0 Å². The van der Waals surface area contributed by atoms with Crippen molar-refractivity contribution in [2.45, 2.75) is 0 Å². The van der Waals surface area contributed by atoms with E-state index >= 15 is 0 Å². The second-order valence-corrected chi connectivity index (χ2v) is 20.5. The van der Waals surface area contributed by atoms with Crippen LogP contribution in [0.1, 0.15) is 5.56 Å². The van der Waals surface area contributed by atoms with Gasteiger partial charge in [0.25, 0.3) is 0 Å². The molecule has 3 heterocycles. The lowest BCUT2D eigenvalue weighted by Gasteiger charge is -2.26. The van der Waals surface area contributed by atoms with Crippen LogP contribution in [0.25, 0.3) is 94.6 Å². The minimum atomic E-state index is 0.606. The molecule has 0 amide bonds. The second kappa shape index (κ2) is 17.1. The van der Waals surface area contributed by atoms with E-state index in [0.29, 0.717) is 11.3 Å². The van der Waals surface area contributed by atoms with Gasteiger partial charge in [-0.05, 0) is 143 Å². The van der Waals surface area contributed by atoms with Crippen LogP contribution in [0.2, 0.25) is 0 Å². The zero-order valence-electron chi connectivity index (χ0n) is 39.1. The number of rotatable bonds is 8. The summed E-state index contributed by atoms with van der Waals surface area (Å²) in [5.41, 5.74) is 12.8. The van der Waals surface area contributed by atoms with Crippen molar-refractivity contribution in [1.29, 1.82) is 5.26 Å². The van der Waals surface area contributed by atoms with Gasteiger partial charge in [0, 0.05) is 90.9 Å². The van der Waals surface area contributed by atoms with Gasteiger partial charge < -0.3 is 14.4 Å². The summed E-state index contributed by atoms with van der Waals surface area (Å²) in [4.78, 5) is 8.32. The van der Waals surface area contributed by atoms with Gasteiger partial charge in [-0.25, -0.2) is 4.85 Å². The van der Waals surface area contributed by atoms with Crippen LogP contribution in [0.4, 0.5) is 39.8 Å². The topological polar surface area (TPSA) is 39.6 Å². The summed E-state index contributed by atoms with van der Waals surface area (Å²) in [5, 5.41) is 19.4. The number of nitrogens with zero attached hydrogens (tertiary/aromatic N) is 5. The number of hydrogen-bond acceptors (Lipinski definition) is 5. The Kier molecular flexibility index (Phi) is 9.94. The standard InChI is InChI=1S/C66H39N5S2/c1-68-47-20-27-49(28-21-47)69(53-30-33-58-56-11-5-7-13-63(56)72-65(58)39-53)51-26-19-45-36-60-55-32-29-52(38-62(55)71(61(60)37-46(45)35-51)50-24-17-44(18-25-50)43-9-3-2-4-10-43)70(48-22-15-42(41-67)16-23-48)54-31-34-59-57-12-6-8-14-64(57)73-66(59)40-54/h2-40H. The van der Waals surface area contributed by atoms with E-state index < -0.39 is 0 Å². The molecule has 14 aromatic rings.